The van der Waals surface area contributed by atoms with Gasteiger partial charge in [0, 0.05) is 30.7 Å². The molecular formula is C14H21BrN2O3S. The van der Waals surface area contributed by atoms with Crippen molar-refractivity contribution >= 4 is 26.1 Å². The van der Waals surface area contributed by atoms with E-state index in [4.69, 9.17) is 0 Å². The molecule has 0 bridgehead atoms. The van der Waals surface area contributed by atoms with Crippen molar-refractivity contribution in [3.63, 3.8) is 0 Å². The fourth-order valence-electron chi connectivity index (χ4n) is 2.57. The van der Waals surface area contributed by atoms with Gasteiger partial charge in [0.2, 0.25) is 0 Å². The first kappa shape index (κ1) is 16.9. The summed E-state index contributed by atoms with van der Waals surface area (Å²) in [6, 6.07) is 7.29. The number of halogens is 1. The summed E-state index contributed by atoms with van der Waals surface area (Å²) in [7, 11) is -1.95. The van der Waals surface area contributed by atoms with E-state index in [0.29, 0.717) is 13.1 Å². The Morgan fingerprint density at radius 2 is 2.00 bits per heavy atom. The summed E-state index contributed by atoms with van der Waals surface area (Å²) in [6.07, 6.45) is 2.54. The molecule has 0 radical (unpaired) electrons. The van der Waals surface area contributed by atoms with Crippen LogP contribution in [0.1, 0.15) is 24.8 Å². The first-order chi connectivity index (χ1) is 9.95. The molecule has 1 saturated heterocycles. The molecule has 1 aliphatic rings. The maximum Gasteiger partial charge on any atom is 0.282 e. The molecular weight excluding hydrogens is 356 g/mol. The van der Waals surface area contributed by atoms with Crippen LogP contribution < -0.4 is 0 Å². The second kappa shape index (κ2) is 7.19. The van der Waals surface area contributed by atoms with Crippen molar-refractivity contribution in [3.8, 4) is 0 Å². The summed E-state index contributed by atoms with van der Waals surface area (Å²) in [5.74, 6) is 0. The third kappa shape index (κ3) is 4.04. The molecule has 0 aliphatic carbocycles. The molecule has 1 aromatic rings. The zero-order valence-electron chi connectivity index (χ0n) is 12.1. The maximum absolute atomic E-state index is 12.7. The van der Waals surface area contributed by atoms with Crippen LogP contribution in [0.5, 0.6) is 0 Å². The average molecular weight is 377 g/mol. The molecule has 0 saturated carbocycles. The topological polar surface area (TPSA) is 60.9 Å². The van der Waals surface area contributed by atoms with Gasteiger partial charge in [0.15, 0.2) is 0 Å². The van der Waals surface area contributed by atoms with Crippen molar-refractivity contribution < 1.29 is 13.5 Å². The van der Waals surface area contributed by atoms with Crippen molar-refractivity contribution in [2.75, 3.05) is 20.2 Å². The molecule has 1 N–H and O–H groups in total. The SMILES string of the molecule is CN(Cc1ccc(Br)cc1)S(=O)(=O)N1CCCCC1CO. The Balaban J connectivity index is 2.12. The molecule has 2 rings (SSSR count). The molecule has 21 heavy (non-hydrogen) atoms. The van der Waals surface area contributed by atoms with Gasteiger partial charge in [-0.25, -0.2) is 0 Å². The molecule has 0 aromatic heterocycles. The van der Waals surface area contributed by atoms with Gasteiger partial charge in [-0.05, 0) is 30.5 Å². The minimum atomic E-state index is -3.54. The summed E-state index contributed by atoms with van der Waals surface area (Å²) in [4.78, 5) is 0. The molecule has 1 aromatic carbocycles. The minimum absolute atomic E-state index is 0.120. The average Bonchev–Trinajstić information content (AvgIpc) is 2.49. The highest BCUT2D eigenvalue weighted by atomic mass is 79.9. The molecule has 1 heterocycles. The smallest absolute Gasteiger partial charge is 0.282 e. The number of hydrogen-bond donors (Lipinski definition) is 1. The fourth-order valence-corrected chi connectivity index (χ4v) is 4.41. The third-order valence-corrected chi connectivity index (χ3v) is 6.31. The first-order valence-corrected chi connectivity index (χ1v) is 9.22. The molecule has 5 nitrogen and oxygen atoms in total. The summed E-state index contributed by atoms with van der Waals surface area (Å²) in [5, 5.41) is 9.40. The lowest BCUT2D eigenvalue weighted by molar-refractivity contribution is 0.149. The van der Waals surface area contributed by atoms with Crippen LogP contribution in [-0.4, -0.2) is 48.4 Å². The van der Waals surface area contributed by atoms with Crippen LogP contribution in [0.2, 0.25) is 0 Å². The van der Waals surface area contributed by atoms with Gasteiger partial charge < -0.3 is 5.11 Å². The van der Waals surface area contributed by atoms with Gasteiger partial charge in [-0.15, -0.1) is 0 Å². The summed E-state index contributed by atoms with van der Waals surface area (Å²) < 4.78 is 29.1. The number of benzene rings is 1. The number of aliphatic hydroxyl groups excluding tert-OH is 1. The van der Waals surface area contributed by atoms with Crippen molar-refractivity contribution in [2.24, 2.45) is 0 Å². The van der Waals surface area contributed by atoms with Gasteiger partial charge in [-0.3, -0.25) is 0 Å². The van der Waals surface area contributed by atoms with Gasteiger partial charge in [0.05, 0.1) is 6.61 Å². The lowest BCUT2D eigenvalue weighted by atomic mass is 10.1. The molecule has 1 aliphatic heterocycles. The lowest BCUT2D eigenvalue weighted by Gasteiger charge is -2.36. The summed E-state index contributed by atoms with van der Waals surface area (Å²) in [5.41, 5.74) is 0.932. The van der Waals surface area contributed by atoms with Gasteiger partial charge >= 0.3 is 0 Å². The second-order valence-corrected chi connectivity index (χ2v) is 8.24. The summed E-state index contributed by atoms with van der Waals surface area (Å²) >= 11 is 3.36. The van der Waals surface area contributed by atoms with E-state index in [-0.39, 0.29) is 12.6 Å². The van der Waals surface area contributed by atoms with E-state index in [9.17, 15) is 13.5 Å². The maximum atomic E-state index is 12.7. The molecule has 1 unspecified atom stereocenters. The van der Waals surface area contributed by atoms with Gasteiger partial charge in [-0.1, -0.05) is 34.5 Å². The highest BCUT2D eigenvalue weighted by Crippen LogP contribution is 2.23. The van der Waals surface area contributed by atoms with Crippen LogP contribution in [0.3, 0.4) is 0 Å². The fraction of sp³-hybridized carbons (Fsp3) is 0.571. The van der Waals surface area contributed by atoms with Crippen LogP contribution in [0.4, 0.5) is 0 Å². The number of rotatable bonds is 5. The number of piperidine rings is 1. The van der Waals surface area contributed by atoms with Crippen molar-refractivity contribution in [1.29, 1.82) is 0 Å². The first-order valence-electron chi connectivity index (χ1n) is 7.03. The van der Waals surface area contributed by atoms with Crippen molar-refractivity contribution in [1.82, 2.24) is 8.61 Å². The molecule has 0 amide bonds. The Labute approximate surface area is 134 Å². The molecule has 1 fully saturated rings. The molecule has 118 valence electrons. The van der Waals surface area contributed by atoms with Crippen LogP contribution in [-0.2, 0) is 16.8 Å². The van der Waals surface area contributed by atoms with Crippen LogP contribution in [0.25, 0.3) is 0 Å². The number of nitrogens with zero attached hydrogens (tertiary/aromatic N) is 2. The van der Waals surface area contributed by atoms with E-state index < -0.39 is 10.2 Å². The van der Waals surface area contributed by atoms with E-state index in [0.717, 1.165) is 29.3 Å². The Kier molecular flexibility index (Phi) is 5.79. The Morgan fingerprint density at radius 3 is 2.62 bits per heavy atom. The highest BCUT2D eigenvalue weighted by Gasteiger charge is 2.34. The van der Waals surface area contributed by atoms with Gasteiger partial charge in [0.25, 0.3) is 10.2 Å². The predicted octanol–water partition coefficient (Wildman–Crippen LogP) is 1.97. The highest BCUT2D eigenvalue weighted by molar-refractivity contribution is 9.10. The molecule has 1 atom stereocenters. The zero-order valence-corrected chi connectivity index (χ0v) is 14.5. The van der Waals surface area contributed by atoms with Crippen molar-refractivity contribution in [2.45, 2.75) is 31.8 Å². The molecule has 7 heteroatoms. The van der Waals surface area contributed by atoms with E-state index in [1.165, 1.54) is 8.61 Å². The summed E-state index contributed by atoms with van der Waals surface area (Å²) in [6.45, 7) is 0.688. The van der Waals surface area contributed by atoms with Crippen molar-refractivity contribution in [3.05, 3.63) is 34.3 Å². The number of aliphatic hydroxyl groups is 1. The Bertz CT molecular complexity index is 562. The van der Waals surface area contributed by atoms with Crippen LogP contribution in [0, 0.1) is 0 Å². The second-order valence-electron chi connectivity index (χ2n) is 5.33. The van der Waals surface area contributed by atoms with Crippen LogP contribution >= 0.6 is 15.9 Å². The van der Waals surface area contributed by atoms with E-state index in [1.807, 2.05) is 24.3 Å². The zero-order chi connectivity index (χ0) is 15.5. The monoisotopic (exact) mass is 376 g/mol. The minimum Gasteiger partial charge on any atom is -0.395 e. The lowest BCUT2D eigenvalue weighted by Crippen LogP contribution is -2.50. The Morgan fingerprint density at radius 1 is 1.33 bits per heavy atom. The number of hydrogen-bond acceptors (Lipinski definition) is 3. The quantitative estimate of drug-likeness (QED) is 0.854. The third-order valence-electron chi connectivity index (χ3n) is 3.79. The normalized spacial score (nSPS) is 20.9. The Hall–Kier alpha value is -0.470. The van der Waals surface area contributed by atoms with E-state index in [2.05, 4.69) is 15.9 Å². The molecule has 0 spiro atoms. The van der Waals surface area contributed by atoms with Gasteiger partial charge in [-0.2, -0.15) is 17.0 Å². The van der Waals surface area contributed by atoms with Crippen LogP contribution in [0.15, 0.2) is 28.7 Å². The standard InChI is InChI=1S/C14H21BrN2O3S/c1-16(10-12-5-7-13(15)8-6-12)21(19,20)17-9-3-2-4-14(17)11-18/h5-8,14,18H,2-4,9-11H2,1H3. The van der Waals surface area contributed by atoms with Gasteiger partial charge in [0.1, 0.15) is 0 Å². The largest absolute Gasteiger partial charge is 0.395 e. The van der Waals surface area contributed by atoms with E-state index in [1.54, 1.807) is 7.05 Å². The predicted molar refractivity (Wildman–Crippen MR) is 86.0 cm³/mol. The van der Waals surface area contributed by atoms with E-state index >= 15 is 0 Å².